The Morgan fingerprint density at radius 3 is 2.65 bits per heavy atom. The largest absolute Gasteiger partial charge is 0.321 e. The van der Waals surface area contributed by atoms with Gasteiger partial charge in [-0.15, -0.1) is 0 Å². The van der Waals surface area contributed by atoms with Crippen LogP contribution in [0.5, 0.6) is 0 Å². The van der Waals surface area contributed by atoms with Gasteiger partial charge in [0.1, 0.15) is 5.82 Å². The van der Waals surface area contributed by atoms with Crippen LogP contribution < -0.4 is 16.6 Å². The van der Waals surface area contributed by atoms with E-state index in [1.165, 1.54) is 0 Å². The zero-order valence-electron chi connectivity index (χ0n) is 10.6. The van der Waals surface area contributed by atoms with Crippen molar-refractivity contribution in [1.82, 2.24) is 4.98 Å². The van der Waals surface area contributed by atoms with Crippen LogP contribution in [-0.2, 0) is 0 Å². The Balaban J connectivity index is 2.26. The molecule has 0 saturated carbocycles. The Morgan fingerprint density at radius 2 is 2.00 bits per heavy atom. The number of anilines is 2. The Hall–Kier alpha value is -1.44. The fourth-order valence-electron chi connectivity index (χ4n) is 1.66. The molecule has 1 amide bonds. The number of carbonyl (C=O) groups is 1. The molecule has 0 aliphatic rings. The minimum atomic E-state index is -0.227. The molecular weight excluding hydrogens is 388 g/mol. The first-order valence-corrected chi connectivity index (χ1v) is 7.30. The van der Waals surface area contributed by atoms with E-state index >= 15 is 0 Å². The van der Waals surface area contributed by atoms with Gasteiger partial charge in [-0.25, -0.2) is 10.8 Å². The number of nitrogens with two attached hydrogens (primary N) is 1. The van der Waals surface area contributed by atoms with Gasteiger partial charge in [-0.05, 0) is 53.2 Å². The van der Waals surface area contributed by atoms with E-state index < -0.39 is 0 Å². The van der Waals surface area contributed by atoms with Gasteiger partial charge in [0.2, 0.25) is 0 Å². The number of pyridine rings is 1. The third-order valence-corrected chi connectivity index (χ3v) is 3.69. The van der Waals surface area contributed by atoms with Crippen molar-refractivity contribution in [2.24, 2.45) is 5.84 Å². The summed E-state index contributed by atoms with van der Waals surface area (Å²) in [4.78, 5) is 16.4. The molecule has 0 bridgehead atoms. The highest BCUT2D eigenvalue weighted by Crippen LogP contribution is 2.26. The number of amides is 1. The molecule has 0 spiro atoms. The number of nitrogen functional groups attached to an aromatic ring is 1. The highest BCUT2D eigenvalue weighted by molar-refractivity contribution is 9.11. The second-order valence-electron chi connectivity index (χ2n) is 4.11. The number of hydrogen-bond donors (Lipinski definition) is 3. The van der Waals surface area contributed by atoms with Crippen molar-refractivity contribution in [2.75, 3.05) is 10.7 Å². The number of hydrazine groups is 1. The van der Waals surface area contributed by atoms with Crippen LogP contribution in [0.3, 0.4) is 0 Å². The van der Waals surface area contributed by atoms with Crippen molar-refractivity contribution in [3.05, 3.63) is 50.5 Å². The summed E-state index contributed by atoms with van der Waals surface area (Å²) in [5, 5.41) is 2.83. The molecule has 0 saturated heterocycles. The molecule has 7 heteroatoms. The zero-order valence-corrected chi connectivity index (χ0v) is 13.7. The van der Waals surface area contributed by atoms with Crippen molar-refractivity contribution < 1.29 is 4.79 Å². The van der Waals surface area contributed by atoms with Crippen molar-refractivity contribution >= 4 is 49.3 Å². The molecule has 0 radical (unpaired) electrons. The van der Waals surface area contributed by atoms with Crippen LogP contribution in [0.1, 0.15) is 16.1 Å². The van der Waals surface area contributed by atoms with E-state index in [0.29, 0.717) is 22.8 Å². The van der Waals surface area contributed by atoms with Gasteiger partial charge in [0.15, 0.2) is 0 Å². The van der Waals surface area contributed by atoms with Crippen LogP contribution >= 0.6 is 31.9 Å². The fraction of sp³-hybridized carbons (Fsp3) is 0.0769. The Morgan fingerprint density at radius 1 is 1.25 bits per heavy atom. The molecule has 20 heavy (non-hydrogen) atoms. The number of nitrogens with one attached hydrogen (secondary N) is 2. The van der Waals surface area contributed by atoms with Crippen LogP contribution in [-0.4, -0.2) is 10.9 Å². The Kier molecular flexibility index (Phi) is 4.74. The molecule has 2 rings (SSSR count). The van der Waals surface area contributed by atoms with Crippen molar-refractivity contribution in [3.63, 3.8) is 0 Å². The summed E-state index contributed by atoms with van der Waals surface area (Å²) in [6, 6.07) is 8.81. The zero-order chi connectivity index (χ0) is 14.7. The lowest BCUT2D eigenvalue weighted by atomic mass is 10.2. The topological polar surface area (TPSA) is 80.0 Å². The van der Waals surface area contributed by atoms with E-state index in [-0.39, 0.29) is 5.91 Å². The quantitative estimate of drug-likeness (QED) is 0.545. The summed E-state index contributed by atoms with van der Waals surface area (Å²) >= 11 is 6.76. The van der Waals surface area contributed by atoms with Crippen molar-refractivity contribution in [2.45, 2.75) is 6.92 Å². The summed E-state index contributed by atoms with van der Waals surface area (Å²) in [7, 11) is 0. The van der Waals surface area contributed by atoms with Gasteiger partial charge in [0, 0.05) is 20.2 Å². The van der Waals surface area contributed by atoms with E-state index in [1.807, 2.05) is 18.2 Å². The molecule has 0 unspecified atom stereocenters. The maximum Gasteiger partial charge on any atom is 0.255 e. The molecule has 1 aromatic carbocycles. The number of carbonyl (C=O) groups excluding carboxylic acids is 1. The van der Waals surface area contributed by atoms with Crippen LogP contribution in [0.15, 0.2) is 39.3 Å². The lowest BCUT2D eigenvalue weighted by molar-refractivity contribution is 0.102. The van der Waals surface area contributed by atoms with E-state index in [1.54, 1.807) is 19.1 Å². The van der Waals surface area contributed by atoms with Crippen molar-refractivity contribution in [1.29, 1.82) is 0 Å². The van der Waals surface area contributed by atoms with Gasteiger partial charge < -0.3 is 10.7 Å². The maximum absolute atomic E-state index is 12.2. The normalized spacial score (nSPS) is 10.2. The molecule has 1 heterocycles. The number of aromatic nitrogens is 1. The monoisotopic (exact) mass is 398 g/mol. The standard InChI is InChI=1S/C13H12Br2N4O/c1-7-4-8(5-12(17-7)19-16)13(20)18-11-3-2-9(14)6-10(11)15/h2-6H,16H2,1H3,(H,17,19)(H,18,20). The number of nitrogens with zero attached hydrogens (tertiary/aromatic N) is 1. The maximum atomic E-state index is 12.2. The molecule has 0 aliphatic carbocycles. The van der Waals surface area contributed by atoms with Gasteiger partial charge in [-0.3, -0.25) is 4.79 Å². The Labute approximate surface area is 133 Å². The number of aryl methyl sites for hydroxylation is 1. The summed E-state index contributed by atoms with van der Waals surface area (Å²) < 4.78 is 1.72. The second kappa shape index (κ2) is 6.34. The predicted octanol–water partition coefficient (Wildman–Crippen LogP) is 3.45. The van der Waals surface area contributed by atoms with Crippen LogP contribution in [0, 0.1) is 6.92 Å². The SMILES string of the molecule is Cc1cc(C(=O)Nc2ccc(Br)cc2Br)cc(NN)n1. The number of rotatable bonds is 3. The molecular formula is C13H12Br2N4O. The first-order valence-electron chi connectivity index (χ1n) is 5.71. The first-order chi connectivity index (χ1) is 9.49. The number of halogens is 2. The lowest BCUT2D eigenvalue weighted by Gasteiger charge is -2.09. The van der Waals surface area contributed by atoms with Gasteiger partial charge in [0.25, 0.3) is 5.91 Å². The third-order valence-electron chi connectivity index (χ3n) is 2.54. The van der Waals surface area contributed by atoms with E-state index in [9.17, 15) is 4.79 Å². The lowest BCUT2D eigenvalue weighted by Crippen LogP contribution is -2.15. The molecule has 0 fully saturated rings. The summed E-state index contributed by atoms with van der Waals surface area (Å²) in [5.41, 5.74) is 4.32. The molecule has 4 N–H and O–H groups in total. The average Bonchev–Trinajstić information content (AvgIpc) is 2.41. The molecule has 2 aromatic rings. The van der Waals surface area contributed by atoms with Gasteiger partial charge in [-0.2, -0.15) is 0 Å². The minimum Gasteiger partial charge on any atom is -0.321 e. The van der Waals surface area contributed by atoms with E-state index in [0.717, 1.165) is 8.95 Å². The van der Waals surface area contributed by atoms with E-state index in [2.05, 4.69) is 47.6 Å². The van der Waals surface area contributed by atoms with Crippen molar-refractivity contribution in [3.8, 4) is 0 Å². The van der Waals surface area contributed by atoms with Crippen LogP contribution in [0.4, 0.5) is 11.5 Å². The molecule has 104 valence electrons. The minimum absolute atomic E-state index is 0.227. The first kappa shape index (κ1) is 15.0. The fourth-order valence-corrected chi connectivity index (χ4v) is 2.81. The predicted molar refractivity (Wildman–Crippen MR) is 86.6 cm³/mol. The second-order valence-corrected chi connectivity index (χ2v) is 5.88. The molecule has 0 aliphatic heterocycles. The summed E-state index contributed by atoms with van der Waals surface area (Å²) in [6.45, 7) is 1.80. The van der Waals surface area contributed by atoms with Crippen LogP contribution in [0.2, 0.25) is 0 Å². The number of benzene rings is 1. The smallest absolute Gasteiger partial charge is 0.255 e. The van der Waals surface area contributed by atoms with E-state index in [4.69, 9.17) is 5.84 Å². The number of hydrogen-bond acceptors (Lipinski definition) is 4. The Bertz CT molecular complexity index is 661. The van der Waals surface area contributed by atoms with Gasteiger partial charge in [-0.1, -0.05) is 15.9 Å². The molecule has 5 nitrogen and oxygen atoms in total. The highest BCUT2D eigenvalue weighted by Gasteiger charge is 2.10. The molecule has 0 atom stereocenters. The van der Waals surface area contributed by atoms with Gasteiger partial charge in [0.05, 0.1) is 5.69 Å². The van der Waals surface area contributed by atoms with Gasteiger partial charge >= 0.3 is 0 Å². The third kappa shape index (κ3) is 3.56. The average molecular weight is 400 g/mol. The summed E-state index contributed by atoms with van der Waals surface area (Å²) in [6.07, 6.45) is 0. The molecule has 1 aromatic heterocycles. The van der Waals surface area contributed by atoms with Crippen LogP contribution in [0.25, 0.3) is 0 Å². The highest BCUT2D eigenvalue weighted by atomic mass is 79.9. The summed E-state index contributed by atoms with van der Waals surface area (Å²) in [5.74, 6) is 5.55.